The molecule has 0 radical (unpaired) electrons. The highest BCUT2D eigenvalue weighted by Crippen LogP contribution is 2.26. The first kappa shape index (κ1) is 13.6. The van der Waals surface area contributed by atoms with Crippen molar-refractivity contribution in [1.29, 1.82) is 0 Å². The van der Waals surface area contributed by atoms with E-state index in [-0.39, 0.29) is 5.02 Å². The fraction of sp³-hybridized carbons (Fsp3) is 0.0625. The smallest absolute Gasteiger partial charge is 0.143 e. The van der Waals surface area contributed by atoms with Gasteiger partial charge in [-0.25, -0.2) is 9.07 Å². The molecular weight excluding hydrogens is 289 g/mol. The predicted octanol–water partition coefficient (Wildman–Crippen LogP) is 4.22. The minimum Gasteiger partial charge on any atom is -0.396 e. The molecule has 1 heterocycles. The van der Waals surface area contributed by atoms with Crippen LogP contribution in [-0.2, 0) is 0 Å². The standard InChI is InChI=1S/C16H13ClFN3/c1-10-2-4-11(5-3-10)16-15(19)9-21(20-16)12-6-7-13(17)14(18)8-12/h2-9H,19H2,1H3. The number of hydrogen-bond acceptors (Lipinski definition) is 2. The third kappa shape index (κ3) is 2.62. The van der Waals surface area contributed by atoms with Gasteiger partial charge in [0.15, 0.2) is 0 Å². The number of benzene rings is 2. The molecule has 0 bridgehead atoms. The van der Waals surface area contributed by atoms with Crippen molar-refractivity contribution >= 4 is 17.3 Å². The van der Waals surface area contributed by atoms with Gasteiger partial charge in [-0.05, 0) is 19.1 Å². The molecule has 0 fully saturated rings. The Morgan fingerprint density at radius 1 is 1.14 bits per heavy atom. The van der Waals surface area contributed by atoms with Crippen LogP contribution in [0.1, 0.15) is 5.56 Å². The van der Waals surface area contributed by atoms with Gasteiger partial charge in [-0.2, -0.15) is 5.10 Å². The van der Waals surface area contributed by atoms with Crippen LogP contribution < -0.4 is 5.73 Å². The zero-order valence-corrected chi connectivity index (χ0v) is 12.1. The highest BCUT2D eigenvalue weighted by Gasteiger charge is 2.10. The summed E-state index contributed by atoms with van der Waals surface area (Å²) in [4.78, 5) is 0. The molecule has 3 rings (SSSR count). The molecule has 1 aromatic heterocycles. The van der Waals surface area contributed by atoms with Crippen LogP contribution in [0.5, 0.6) is 0 Å². The summed E-state index contributed by atoms with van der Waals surface area (Å²) >= 11 is 5.69. The van der Waals surface area contributed by atoms with Crippen molar-refractivity contribution in [1.82, 2.24) is 9.78 Å². The van der Waals surface area contributed by atoms with Crippen molar-refractivity contribution < 1.29 is 4.39 Å². The number of anilines is 1. The number of rotatable bonds is 2. The normalized spacial score (nSPS) is 10.8. The molecule has 3 nitrogen and oxygen atoms in total. The van der Waals surface area contributed by atoms with Crippen LogP contribution in [0.2, 0.25) is 5.02 Å². The molecule has 0 spiro atoms. The Labute approximate surface area is 126 Å². The van der Waals surface area contributed by atoms with E-state index in [1.807, 2.05) is 31.2 Å². The molecule has 0 aliphatic carbocycles. The van der Waals surface area contributed by atoms with Crippen LogP contribution in [0.15, 0.2) is 48.7 Å². The Hall–Kier alpha value is -2.33. The van der Waals surface area contributed by atoms with E-state index in [4.69, 9.17) is 17.3 Å². The zero-order chi connectivity index (χ0) is 15.0. The van der Waals surface area contributed by atoms with Crippen LogP contribution in [0.25, 0.3) is 16.9 Å². The average Bonchev–Trinajstić information content (AvgIpc) is 2.85. The Bertz CT molecular complexity index is 794. The van der Waals surface area contributed by atoms with Gasteiger partial charge in [0.1, 0.15) is 11.5 Å². The largest absolute Gasteiger partial charge is 0.396 e. The zero-order valence-electron chi connectivity index (χ0n) is 11.3. The first-order valence-corrected chi connectivity index (χ1v) is 6.80. The van der Waals surface area contributed by atoms with Crippen LogP contribution in [0.4, 0.5) is 10.1 Å². The van der Waals surface area contributed by atoms with Gasteiger partial charge in [0.25, 0.3) is 0 Å². The molecule has 5 heteroatoms. The van der Waals surface area contributed by atoms with E-state index in [9.17, 15) is 4.39 Å². The molecule has 2 aromatic carbocycles. The minimum absolute atomic E-state index is 0.0811. The number of halogens is 2. The maximum Gasteiger partial charge on any atom is 0.143 e. The summed E-state index contributed by atoms with van der Waals surface area (Å²) < 4.78 is 15.1. The lowest BCUT2D eigenvalue weighted by atomic mass is 10.1. The van der Waals surface area contributed by atoms with E-state index in [2.05, 4.69) is 5.10 Å². The number of nitrogens with two attached hydrogens (primary N) is 1. The molecule has 21 heavy (non-hydrogen) atoms. The maximum absolute atomic E-state index is 13.5. The second-order valence-electron chi connectivity index (χ2n) is 4.84. The molecule has 0 aliphatic rings. The molecule has 0 atom stereocenters. The molecule has 0 saturated heterocycles. The molecule has 0 unspecified atom stereocenters. The van der Waals surface area contributed by atoms with Crippen molar-refractivity contribution in [3.05, 3.63) is 65.1 Å². The van der Waals surface area contributed by atoms with E-state index < -0.39 is 5.82 Å². The van der Waals surface area contributed by atoms with Crippen molar-refractivity contribution in [2.45, 2.75) is 6.92 Å². The van der Waals surface area contributed by atoms with Crippen LogP contribution in [0, 0.1) is 12.7 Å². The summed E-state index contributed by atoms with van der Waals surface area (Å²) in [5.74, 6) is -0.486. The van der Waals surface area contributed by atoms with E-state index >= 15 is 0 Å². The van der Waals surface area contributed by atoms with Crippen molar-refractivity contribution in [3.8, 4) is 16.9 Å². The maximum atomic E-state index is 13.5. The predicted molar refractivity (Wildman–Crippen MR) is 83.1 cm³/mol. The number of nitrogens with zero attached hydrogens (tertiary/aromatic N) is 2. The summed E-state index contributed by atoms with van der Waals surface area (Å²) in [6.07, 6.45) is 1.66. The molecule has 3 aromatic rings. The number of hydrogen-bond donors (Lipinski definition) is 1. The second-order valence-corrected chi connectivity index (χ2v) is 5.25. The number of nitrogen functional groups attached to an aromatic ring is 1. The monoisotopic (exact) mass is 301 g/mol. The van der Waals surface area contributed by atoms with Gasteiger partial charge >= 0.3 is 0 Å². The van der Waals surface area contributed by atoms with E-state index in [1.54, 1.807) is 16.9 Å². The number of aromatic nitrogens is 2. The Morgan fingerprint density at radius 2 is 1.86 bits per heavy atom. The summed E-state index contributed by atoms with van der Waals surface area (Å²) in [6.45, 7) is 2.02. The fourth-order valence-electron chi connectivity index (χ4n) is 2.08. The summed E-state index contributed by atoms with van der Waals surface area (Å²) in [5.41, 5.74) is 9.88. The van der Waals surface area contributed by atoms with E-state index in [1.165, 1.54) is 12.1 Å². The van der Waals surface area contributed by atoms with Crippen LogP contribution in [0.3, 0.4) is 0 Å². The quantitative estimate of drug-likeness (QED) is 0.770. The minimum atomic E-state index is -0.486. The summed E-state index contributed by atoms with van der Waals surface area (Å²) in [6, 6.07) is 12.4. The van der Waals surface area contributed by atoms with Gasteiger partial charge in [0.05, 0.1) is 22.6 Å². The van der Waals surface area contributed by atoms with Crippen molar-refractivity contribution in [2.24, 2.45) is 0 Å². The molecular formula is C16H13ClFN3. The first-order valence-electron chi connectivity index (χ1n) is 6.42. The SMILES string of the molecule is Cc1ccc(-c2nn(-c3ccc(Cl)c(F)c3)cc2N)cc1. The Morgan fingerprint density at radius 3 is 2.52 bits per heavy atom. The highest BCUT2D eigenvalue weighted by atomic mass is 35.5. The first-order chi connectivity index (χ1) is 10.0. The average molecular weight is 302 g/mol. The van der Waals surface area contributed by atoms with Gasteiger partial charge in [-0.3, -0.25) is 0 Å². The summed E-state index contributed by atoms with van der Waals surface area (Å²) in [5, 5.41) is 4.51. The highest BCUT2D eigenvalue weighted by molar-refractivity contribution is 6.30. The Kier molecular flexibility index (Phi) is 3.39. The third-order valence-electron chi connectivity index (χ3n) is 3.24. The van der Waals surface area contributed by atoms with Gasteiger partial charge < -0.3 is 5.73 Å². The molecule has 2 N–H and O–H groups in total. The Balaban J connectivity index is 2.04. The lowest BCUT2D eigenvalue weighted by Crippen LogP contribution is -1.95. The molecule has 0 aliphatic heterocycles. The van der Waals surface area contributed by atoms with E-state index in [0.29, 0.717) is 17.1 Å². The summed E-state index contributed by atoms with van der Waals surface area (Å²) in [7, 11) is 0. The molecule has 0 saturated carbocycles. The van der Waals surface area contributed by atoms with Crippen LogP contribution in [-0.4, -0.2) is 9.78 Å². The van der Waals surface area contributed by atoms with Gasteiger partial charge in [0.2, 0.25) is 0 Å². The van der Waals surface area contributed by atoms with Crippen molar-refractivity contribution in [3.63, 3.8) is 0 Å². The third-order valence-corrected chi connectivity index (χ3v) is 3.54. The van der Waals surface area contributed by atoms with Gasteiger partial charge in [-0.15, -0.1) is 0 Å². The lowest BCUT2D eigenvalue weighted by molar-refractivity contribution is 0.626. The fourth-order valence-corrected chi connectivity index (χ4v) is 2.20. The van der Waals surface area contributed by atoms with Gasteiger partial charge in [0, 0.05) is 11.6 Å². The molecule has 106 valence electrons. The second kappa shape index (κ2) is 5.22. The van der Waals surface area contributed by atoms with E-state index in [0.717, 1.165) is 11.1 Å². The topological polar surface area (TPSA) is 43.8 Å². The lowest BCUT2D eigenvalue weighted by Gasteiger charge is -2.02. The van der Waals surface area contributed by atoms with Crippen LogP contribution >= 0.6 is 11.6 Å². The molecule has 0 amide bonds. The van der Waals surface area contributed by atoms with Crippen molar-refractivity contribution in [2.75, 3.05) is 5.73 Å². The number of aryl methyl sites for hydroxylation is 1. The van der Waals surface area contributed by atoms with Gasteiger partial charge in [-0.1, -0.05) is 41.4 Å².